The van der Waals surface area contributed by atoms with Crippen LogP contribution in [0.1, 0.15) is 25.7 Å². The van der Waals surface area contributed by atoms with Crippen LogP contribution in [-0.4, -0.2) is 36.0 Å². The Kier molecular flexibility index (Phi) is 5.52. The van der Waals surface area contributed by atoms with Crippen LogP contribution in [0.15, 0.2) is 16.6 Å². The van der Waals surface area contributed by atoms with Crippen LogP contribution in [0.3, 0.4) is 0 Å². The Morgan fingerprint density at radius 3 is 2.76 bits per heavy atom. The van der Waals surface area contributed by atoms with Gasteiger partial charge in [0.05, 0.1) is 15.5 Å². The highest BCUT2D eigenvalue weighted by Gasteiger charge is 2.20. The molecular formula is C14H19BrFN3O2. The second-order valence-corrected chi connectivity index (χ2v) is 6.24. The highest BCUT2D eigenvalue weighted by molar-refractivity contribution is 9.10. The maximum atomic E-state index is 13.4. The van der Waals surface area contributed by atoms with Crippen LogP contribution >= 0.6 is 15.9 Å². The van der Waals surface area contributed by atoms with E-state index in [0.29, 0.717) is 18.3 Å². The maximum Gasteiger partial charge on any atom is 0.295 e. The van der Waals surface area contributed by atoms with Gasteiger partial charge in [-0.1, -0.05) is 12.8 Å². The van der Waals surface area contributed by atoms with Crippen LogP contribution in [0.5, 0.6) is 0 Å². The molecule has 1 fully saturated rings. The van der Waals surface area contributed by atoms with E-state index in [1.165, 1.54) is 31.7 Å². The molecule has 1 aliphatic rings. The van der Waals surface area contributed by atoms with Gasteiger partial charge in [0.2, 0.25) is 0 Å². The number of nitro benzene ring substituents is 1. The average Bonchev–Trinajstić information content (AvgIpc) is 2.96. The van der Waals surface area contributed by atoms with Crippen LogP contribution < -0.4 is 5.32 Å². The summed E-state index contributed by atoms with van der Waals surface area (Å²) in [6.45, 7) is 1.39. The summed E-state index contributed by atoms with van der Waals surface area (Å²) < 4.78 is 13.6. The van der Waals surface area contributed by atoms with Gasteiger partial charge < -0.3 is 10.2 Å². The molecule has 0 atom stereocenters. The van der Waals surface area contributed by atoms with Crippen molar-refractivity contribution in [2.24, 2.45) is 0 Å². The lowest BCUT2D eigenvalue weighted by molar-refractivity contribution is -0.384. The largest absolute Gasteiger partial charge is 0.378 e. The Hall–Kier alpha value is -1.21. The van der Waals surface area contributed by atoms with Crippen LogP contribution in [0.4, 0.5) is 15.8 Å². The van der Waals surface area contributed by atoms with Crippen molar-refractivity contribution in [1.29, 1.82) is 0 Å². The predicted octanol–water partition coefficient (Wildman–Crippen LogP) is 3.78. The minimum Gasteiger partial charge on any atom is -0.378 e. The third-order valence-electron chi connectivity index (χ3n) is 3.96. The topological polar surface area (TPSA) is 58.4 Å². The van der Waals surface area contributed by atoms with E-state index in [-0.39, 0.29) is 10.2 Å². The molecule has 0 aromatic heterocycles. The molecule has 21 heavy (non-hydrogen) atoms. The van der Waals surface area contributed by atoms with Crippen molar-refractivity contribution < 1.29 is 9.31 Å². The first-order chi connectivity index (χ1) is 9.99. The Morgan fingerprint density at radius 2 is 2.14 bits per heavy atom. The van der Waals surface area contributed by atoms with Gasteiger partial charge in [-0.3, -0.25) is 10.1 Å². The quantitative estimate of drug-likeness (QED) is 0.620. The van der Waals surface area contributed by atoms with Crippen molar-refractivity contribution in [3.05, 3.63) is 32.5 Å². The van der Waals surface area contributed by atoms with Crippen LogP contribution in [0.25, 0.3) is 0 Å². The number of nitrogens with one attached hydrogen (secondary N) is 1. The molecule has 1 aliphatic carbocycles. The molecule has 0 bridgehead atoms. The summed E-state index contributed by atoms with van der Waals surface area (Å²) in [6, 6.07) is 2.97. The van der Waals surface area contributed by atoms with Crippen LogP contribution in [0.2, 0.25) is 0 Å². The standard InChI is InChI=1S/C14H19BrFN3O2/c1-18(10-4-2-3-5-10)7-6-17-13-8-11(15)12(16)9-14(13)19(20)21/h8-10,17H,2-7H2,1H3. The Balaban J connectivity index is 1.96. The number of nitro groups is 1. The molecule has 1 N–H and O–H groups in total. The minimum atomic E-state index is -0.629. The maximum absolute atomic E-state index is 13.4. The fraction of sp³-hybridized carbons (Fsp3) is 0.571. The van der Waals surface area contributed by atoms with Gasteiger partial charge in [0.15, 0.2) is 0 Å². The van der Waals surface area contributed by atoms with E-state index in [1.807, 2.05) is 0 Å². The summed E-state index contributed by atoms with van der Waals surface area (Å²) in [7, 11) is 2.08. The number of anilines is 1. The van der Waals surface area contributed by atoms with E-state index in [2.05, 4.69) is 33.2 Å². The van der Waals surface area contributed by atoms with Gasteiger partial charge in [0.25, 0.3) is 5.69 Å². The number of nitrogens with zero attached hydrogens (tertiary/aromatic N) is 2. The first-order valence-electron chi connectivity index (χ1n) is 7.06. The fourth-order valence-electron chi connectivity index (χ4n) is 2.72. The monoisotopic (exact) mass is 359 g/mol. The minimum absolute atomic E-state index is 0.222. The Morgan fingerprint density at radius 1 is 1.48 bits per heavy atom. The zero-order valence-corrected chi connectivity index (χ0v) is 13.5. The van der Waals surface area contributed by atoms with Crippen LogP contribution in [0, 0.1) is 15.9 Å². The number of rotatable bonds is 6. The number of halogens is 2. The van der Waals surface area contributed by atoms with E-state index in [1.54, 1.807) is 0 Å². The zero-order chi connectivity index (χ0) is 15.4. The van der Waals surface area contributed by atoms with Gasteiger partial charge in [0, 0.05) is 19.1 Å². The van der Waals surface area contributed by atoms with Crippen molar-refractivity contribution in [1.82, 2.24) is 4.90 Å². The Labute approximate surface area is 131 Å². The molecule has 0 aliphatic heterocycles. The molecule has 0 unspecified atom stereocenters. The molecular weight excluding hydrogens is 341 g/mol. The number of benzene rings is 1. The first kappa shape index (κ1) is 16.2. The van der Waals surface area contributed by atoms with Gasteiger partial charge in [-0.2, -0.15) is 0 Å². The van der Waals surface area contributed by atoms with Gasteiger partial charge >= 0.3 is 0 Å². The molecule has 1 aromatic rings. The zero-order valence-electron chi connectivity index (χ0n) is 11.9. The van der Waals surface area contributed by atoms with Crippen LogP contribution in [-0.2, 0) is 0 Å². The number of hydrogen-bond donors (Lipinski definition) is 1. The molecule has 5 nitrogen and oxygen atoms in total. The highest BCUT2D eigenvalue weighted by Crippen LogP contribution is 2.30. The highest BCUT2D eigenvalue weighted by atomic mass is 79.9. The van der Waals surface area contributed by atoms with Crippen molar-refractivity contribution in [2.45, 2.75) is 31.7 Å². The lowest BCUT2D eigenvalue weighted by atomic mass is 10.2. The Bertz CT molecular complexity index is 521. The average molecular weight is 360 g/mol. The third-order valence-corrected chi connectivity index (χ3v) is 4.57. The van der Waals surface area contributed by atoms with E-state index < -0.39 is 10.7 Å². The van der Waals surface area contributed by atoms with Crippen molar-refractivity contribution in [3.8, 4) is 0 Å². The smallest absolute Gasteiger partial charge is 0.295 e. The normalized spacial score (nSPS) is 15.6. The predicted molar refractivity (Wildman–Crippen MR) is 84.1 cm³/mol. The summed E-state index contributed by atoms with van der Waals surface area (Å²) in [5.74, 6) is -0.629. The van der Waals surface area contributed by atoms with Crippen molar-refractivity contribution >= 4 is 27.3 Å². The summed E-state index contributed by atoms with van der Waals surface area (Å²) in [4.78, 5) is 12.7. The van der Waals surface area contributed by atoms with E-state index >= 15 is 0 Å². The fourth-order valence-corrected chi connectivity index (χ4v) is 3.07. The SMILES string of the molecule is CN(CCNc1cc(Br)c(F)cc1[N+](=O)[O-])C1CCCC1. The summed E-state index contributed by atoms with van der Waals surface area (Å²) >= 11 is 3.06. The molecule has 2 rings (SSSR count). The van der Waals surface area contributed by atoms with Gasteiger partial charge in [-0.05, 0) is 41.9 Å². The molecule has 1 saturated carbocycles. The molecule has 0 amide bonds. The molecule has 0 saturated heterocycles. The van der Waals surface area contributed by atoms with E-state index in [0.717, 1.165) is 12.6 Å². The van der Waals surface area contributed by atoms with Gasteiger partial charge in [-0.15, -0.1) is 0 Å². The molecule has 7 heteroatoms. The van der Waals surface area contributed by atoms with Gasteiger partial charge in [-0.25, -0.2) is 4.39 Å². The second kappa shape index (κ2) is 7.17. The molecule has 1 aromatic carbocycles. The molecule has 0 spiro atoms. The molecule has 116 valence electrons. The first-order valence-corrected chi connectivity index (χ1v) is 7.86. The lowest BCUT2D eigenvalue weighted by Crippen LogP contribution is -2.33. The number of likely N-dealkylation sites (N-methyl/N-ethyl adjacent to an activating group) is 1. The third kappa shape index (κ3) is 4.14. The van der Waals surface area contributed by atoms with E-state index in [9.17, 15) is 14.5 Å². The molecule has 0 heterocycles. The van der Waals surface area contributed by atoms with Crippen molar-refractivity contribution in [2.75, 3.05) is 25.5 Å². The lowest BCUT2D eigenvalue weighted by Gasteiger charge is -2.24. The van der Waals surface area contributed by atoms with E-state index in [4.69, 9.17) is 0 Å². The summed E-state index contributed by atoms with van der Waals surface area (Å²) in [5.41, 5.74) is 0.104. The van der Waals surface area contributed by atoms with Gasteiger partial charge in [0.1, 0.15) is 11.5 Å². The number of hydrogen-bond acceptors (Lipinski definition) is 4. The molecule has 0 radical (unpaired) electrons. The summed E-state index contributed by atoms with van der Waals surface area (Å²) in [6.07, 6.45) is 5.00. The van der Waals surface area contributed by atoms with Crippen molar-refractivity contribution in [3.63, 3.8) is 0 Å². The second-order valence-electron chi connectivity index (χ2n) is 5.39. The summed E-state index contributed by atoms with van der Waals surface area (Å²) in [5, 5.41) is 14.0.